The van der Waals surface area contributed by atoms with E-state index in [0.29, 0.717) is 30.2 Å². The molecule has 0 aliphatic rings. The Kier molecular flexibility index (Phi) is 4.46. The lowest BCUT2D eigenvalue weighted by Crippen LogP contribution is -2.29. The molecule has 0 fully saturated rings. The first-order valence-corrected chi connectivity index (χ1v) is 7.03. The van der Waals surface area contributed by atoms with Crippen LogP contribution in [0.15, 0.2) is 9.59 Å². The average molecular weight is 294 g/mol. The van der Waals surface area contributed by atoms with Crippen molar-refractivity contribution in [1.29, 1.82) is 0 Å². The van der Waals surface area contributed by atoms with Crippen LogP contribution in [0.3, 0.4) is 0 Å². The van der Waals surface area contributed by atoms with Crippen LogP contribution in [0.1, 0.15) is 13.3 Å². The van der Waals surface area contributed by atoms with Crippen molar-refractivity contribution in [2.45, 2.75) is 19.9 Å². The molecule has 0 aliphatic heterocycles. The molecule has 0 saturated carbocycles. The lowest BCUT2D eigenvalue weighted by Gasteiger charge is -2.12. The molecule has 0 spiro atoms. The van der Waals surface area contributed by atoms with Crippen LogP contribution in [0.4, 0.5) is 5.95 Å². The molecular formula is C13H22N6O2. The number of hydrogen-bond donors (Lipinski definition) is 2. The number of anilines is 1. The molecule has 0 unspecified atom stereocenters. The van der Waals surface area contributed by atoms with E-state index in [2.05, 4.69) is 20.2 Å². The minimum absolute atomic E-state index is 0.394. The molecule has 8 heteroatoms. The highest BCUT2D eigenvalue weighted by atomic mass is 16.2. The number of H-pyrrole nitrogens is 1. The molecule has 0 aliphatic carbocycles. The van der Waals surface area contributed by atoms with Gasteiger partial charge in [0, 0.05) is 26.7 Å². The summed E-state index contributed by atoms with van der Waals surface area (Å²) in [5.41, 5.74) is -0.000874. The van der Waals surface area contributed by atoms with Gasteiger partial charge in [-0.05, 0) is 20.5 Å². The number of aromatic amines is 1. The van der Waals surface area contributed by atoms with Crippen LogP contribution in [-0.2, 0) is 13.6 Å². The highest BCUT2D eigenvalue weighted by Crippen LogP contribution is 2.15. The summed E-state index contributed by atoms with van der Waals surface area (Å²) in [6.07, 6.45) is 0.871. The number of nitrogens with zero attached hydrogens (tertiary/aromatic N) is 4. The second-order valence-electron chi connectivity index (χ2n) is 5.31. The number of likely N-dealkylation sites (N-methyl/N-ethyl adjacent to an activating group) is 1. The van der Waals surface area contributed by atoms with Gasteiger partial charge < -0.3 is 14.8 Å². The standard InChI is InChI=1S/C13H22N6O2/c1-5-7-19-9-10(18(4)13(21)16-11(9)20)15-12(19)14-6-8-17(2)3/h5-8H2,1-4H3,(H,14,15)(H,16,20,21). The predicted octanol–water partition coefficient (Wildman–Crippen LogP) is -0.193. The Morgan fingerprint density at radius 3 is 2.67 bits per heavy atom. The maximum atomic E-state index is 12.1. The Morgan fingerprint density at radius 1 is 1.33 bits per heavy atom. The van der Waals surface area contributed by atoms with Crippen molar-refractivity contribution in [3.8, 4) is 0 Å². The number of hydrogen-bond acceptors (Lipinski definition) is 5. The van der Waals surface area contributed by atoms with Gasteiger partial charge in [-0.1, -0.05) is 6.92 Å². The first kappa shape index (κ1) is 15.3. The van der Waals surface area contributed by atoms with E-state index in [1.807, 2.05) is 25.6 Å². The number of nitrogens with one attached hydrogen (secondary N) is 2. The summed E-state index contributed by atoms with van der Waals surface area (Å²) >= 11 is 0. The zero-order chi connectivity index (χ0) is 15.6. The van der Waals surface area contributed by atoms with Gasteiger partial charge in [-0.2, -0.15) is 4.98 Å². The molecule has 2 N–H and O–H groups in total. The normalized spacial score (nSPS) is 11.5. The second kappa shape index (κ2) is 6.13. The first-order chi connectivity index (χ1) is 9.95. The summed E-state index contributed by atoms with van der Waals surface area (Å²) in [5.74, 6) is 0.625. The molecule has 116 valence electrons. The molecule has 2 heterocycles. The summed E-state index contributed by atoms with van der Waals surface area (Å²) in [5, 5.41) is 3.23. The van der Waals surface area contributed by atoms with E-state index < -0.39 is 11.2 Å². The molecule has 0 saturated heterocycles. The number of fused-ring (bicyclic) bond motifs is 1. The zero-order valence-electron chi connectivity index (χ0n) is 12.9. The van der Waals surface area contributed by atoms with E-state index in [1.165, 1.54) is 4.57 Å². The van der Waals surface area contributed by atoms with Gasteiger partial charge in [0.15, 0.2) is 11.2 Å². The van der Waals surface area contributed by atoms with Crippen LogP contribution >= 0.6 is 0 Å². The van der Waals surface area contributed by atoms with Crippen molar-refractivity contribution in [3.05, 3.63) is 20.8 Å². The van der Waals surface area contributed by atoms with E-state index in [-0.39, 0.29) is 0 Å². The Bertz CT molecular complexity index is 739. The Labute approximate surface area is 122 Å². The SMILES string of the molecule is CCCn1c(NCCN(C)C)nc2c1c(=O)[nH]c(=O)n2C. The van der Waals surface area contributed by atoms with Crippen LogP contribution in [-0.4, -0.2) is 51.2 Å². The first-order valence-electron chi connectivity index (χ1n) is 7.03. The van der Waals surface area contributed by atoms with Crippen molar-refractivity contribution in [1.82, 2.24) is 24.0 Å². The van der Waals surface area contributed by atoms with Gasteiger partial charge in [0.05, 0.1) is 0 Å². The van der Waals surface area contributed by atoms with Gasteiger partial charge in [0.2, 0.25) is 5.95 Å². The van der Waals surface area contributed by atoms with Crippen molar-refractivity contribution < 1.29 is 0 Å². The summed E-state index contributed by atoms with van der Waals surface area (Å²) < 4.78 is 3.20. The van der Waals surface area contributed by atoms with Gasteiger partial charge in [0.25, 0.3) is 5.56 Å². The molecular weight excluding hydrogens is 272 g/mol. The molecule has 2 aromatic heterocycles. The van der Waals surface area contributed by atoms with E-state index in [1.54, 1.807) is 7.05 Å². The number of aryl methyl sites for hydroxylation is 2. The molecule has 2 rings (SSSR count). The maximum Gasteiger partial charge on any atom is 0.329 e. The van der Waals surface area contributed by atoms with E-state index in [4.69, 9.17) is 0 Å². The van der Waals surface area contributed by atoms with Gasteiger partial charge in [0.1, 0.15) is 0 Å². The van der Waals surface area contributed by atoms with Crippen LogP contribution in [0, 0.1) is 0 Å². The maximum absolute atomic E-state index is 12.1. The van der Waals surface area contributed by atoms with Gasteiger partial charge in [-0.15, -0.1) is 0 Å². The summed E-state index contributed by atoms with van der Waals surface area (Å²) in [7, 11) is 5.59. The average Bonchev–Trinajstić information content (AvgIpc) is 2.76. The Balaban J connectivity index is 2.52. The van der Waals surface area contributed by atoms with Gasteiger partial charge in [-0.25, -0.2) is 4.79 Å². The van der Waals surface area contributed by atoms with Crippen molar-refractivity contribution >= 4 is 17.1 Å². The molecule has 21 heavy (non-hydrogen) atoms. The zero-order valence-corrected chi connectivity index (χ0v) is 12.9. The van der Waals surface area contributed by atoms with Crippen molar-refractivity contribution in [2.24, 2.45) is 7.05 Å². The monoisotopic (exact) mass is 294 g/mol. The molecule has 0 amide bonds. The van der Waals surface area contributed by atoms with Crippen molar-refractivity contribution in [3.63, 3.8) is 0 Å². The number of aromatic nitrogens is 4. The molecule has 8 nitrogen and oxygen atoms in total. The molecule has 0 atom stereocenters. The summed E-state index contributed by atoms with van der Waals surface area (Å²) in [6, 6.07) is 0. The van der Waals surface area contributed by atoms with Crippen molar-refractivity contribution in [2.75, 3.05) is 32.5 Å². The highest BCUT2D eigenvalue weighted by Gasteiger charge is 2.16. The Morgan fingerprint density at radius 2 is 2.05 bits per heavy atom. The van der Waals surface area contributed by atoms with E-state index in [9.17, 15) is 9.59 Å². The van der Waals surface area contributed by atoms with E-state index >= 15 is 0 Å². The fourth-order valence-electron chi connectivity index (χ4n) is 2.20. The predicted molar refractivity (Wildman–Crippen MR) is 82.9 cm³/mol. The fourth-order valence-corrected chi connectivity index (χ4v) is 2.20. The summed E-state index contributed by atoms with van der Waals surface area (Å²) in [4.78, 5) is 32.6. The largest absolute Gasteiger partial charge is 0.354 e. The third kappa shape index (κ3) is 2.99. The highest BCUT2D eigenvalue weighted by molar-refractivity contribution is 5.74. The lowest BCUT2D eigenvalue weighted by molar-refractivity contribution is 0.424. The Hall–Kier alpha value is -2.09. The van der Waals surface area contributed by atoms with Crippen LogP contribution < -0.4 is 16.6 Å². The number of imidazole rings is 1. The van der Waals surface area contributed by atoms with Crippen LogP contribution in [0.25, 0.3) is 11.2 Å². The third-order valence-corrected chi connectivity index (χ3v) is 3.30. The lowest BCUT2D eigenvalue weighted by atomic mass is 10.4. The molecule has 2 aromatic rings. The van der Waals surface area contributed by atoms with Gasteiger partial charge >= 0.3 is 5.69 Å². The minimum Gasteiger partial charge on any atom is -0.354 e. The smallest absolute Gasteiger partial charge is 0.329 e. The number of rotatable bonds is 6. The van der Waals surface area contributed by atoms with E-state index in [0.717, 1.165) is 13.0 Å². The molecule has 0 radical (unpaired) electrons. The van der Waals surface area contributed by atoms with Crippen LogP contribution in [0.5, 0.6) is 0 Å². The second-order valence-corrected chi connectivity index (χ2v) is 5.31. The molecule has 0 bridgehead atoms. The minimum atomic E-state index is -0.450. The topological polar surface area (TPSA) is 88.0 Å². The van der Waals surface area contributed by atoms with Crippen LogP contribution in [0.2, 0.25) is 0 Å². The quantitative estimate of drug-likeness (QED) is 0.771. The van der Waals surface area contributed by atoms with Gasteiger partial charge in [-0.3, -0.25) is 14.3 Å². The fraction of sp³-hybridized carbons (Fsp3) is 0.615. The third-order valence-electron chi connectivity index (χ3n) is 3.30. The molecule has 0 aromatic carbocycles. The summed E-state index contributed by atoms with van der Waals surface area (Å²) in [6.45, 7) is 4.27.